The number of pyridine rings is 1. The van der Waals surface area contributed by atoms with Crippen LogP contribution in [0.15, 0.2) is 18.3 Å². The summed E-state index contributed by atoms with van der Waals surface area (Å²) < 4.78 is 0. The predicted octanol–water partition coefficient (Wildman–Crippen LogP) is 0.649. The molecule has 3 N–H and O–H groups in total. The Morgan fingerprint density at radius 1 is 1.69 bits per heavy atom. The number of nitrogens with zero attached hydrogens (tertiary/aromatic N) is 1. The Kier molecular flexibility index (Phi) is 2.34. The van der Waals surface area contributed by atoms with E-state index in [1.807, 2.05) is 6.92 Å². The molecule has 0 aromatic carbocycles. The number of aryl methyl sites for hydroxylation is 1. The molecule has 0 bridgehead atoms. The Labute approximate surface area is 76.4 Å². The number of nitrogens with two attached hydrogens (primary N) is 1. The van der Waals surface area contributed by atoms with Crippen LogP contribution in [0.5, 0.6) is 0 Å². The second-order valence-corrected chi connectivity index (χ2v) is 3.23. The van der Waals surface area contributed by atoms with Crippen LogP contribution in [0.4, 0.5) is 0 Å². The van der Waals surface area contributed by atoms with Gasteiger partial charge in [0.25, 0.3) is 0 Å². The van der Waals surface area contributed by atoms with E-state index in [1.165, 1.54) is 6.92 Å². The first-order valence-corrected chi connectivity index (χ1v) is 3.90. The Morgan fingerprint density at radius 3 is 2.77 bits per heavy atom. The van der Waals surface area contributed by atoms with Gasteiger partial charge in [0.2, 0.25) is 0 Å². The molecule has 70 valence electrons. The maximum Gasteiger partial charge on any atom is 0.329 e. The van der Waals surface area contributed by atoms with Gasteiger partial charge in [0, 0.05) is 6.20 Å². The van der Waals surface area contributed by atoms with Crippen molar-refractivity contribution in [3.63, 3.8) is 0 Å². The summed E-state index contributed by atoms with van der Waals surface area (Å²) in [7, 11) is 0. The maximum atomic E-state index is 10.8. The van der Waals surface area contributed by atoms with Gasteiger partial charge in [-0.2, -0.15) is 0 Å². The minimum absolute atomic E-state index is 0.375. The van der Waals surface area contributed by atoms with Gasteiger partial charge in [-0.1, -0.05) is 0 Å². The zero-order valence-electron chi connectivity index (χ0n) is 7.61. The van der Waals surface area contributed by atoms with E-state index in [0.717, 1.165) is 5.56 Å². The zero-order valence-corrected chi connectivity index (χ0v) is 7.61. The highest BCUT2D eigenvalue weighted by molar-refractivity contribution is 5.79. The monoisotopic (exact) mass is 180 g/mol. The van der Waals surface area contributed by atoms with Crippen molar-refractivity contribution in [2.24, 2.45) is 5.73 Å². The summed E-state index contributed by atoms with van der Waals surface area (Å²) in [5, 5.41) is 8.82. The van der Waals surface area contributed by atoms with Gasteiger partial charge >= 0.3 is 5.97 Å². The molecule has 0 aliphatic heterocycles. The van der Waals surface area contributed by atoms with Crippen LogP contribution in [0.2, 0.25) is 0 Å². The van der Waals surface area contributed by atoms with Gasteiger partial charge in [0.05, 0.1) is 5.69 Å². The van der Waals surface area contributed by atoms with Crippen LogP contribution in [0.1, 0.15) is 18.2 Å². The first-order chi connectivity index (χ1) is 5.94. The quantitative estimate of drug-likeness (QED) is 0.700. The zero-order chi connectivity index (χ0) is 10.1. The highest BCUT2D eigenvalue weighted by atomic mass is 16.4. The smallest absolute Gasteiger partial charge is 0.329 e. The summed E-state index contributed by atoms with van der Waals surface area (Å²) >= 11 is 0. The summed E-state index contributed by atoms with van der Waals surface area (Å²) in [5.74, 6) is -1.08. The van der Waals surface area contributed by atoms with Crippen molar-refractivity contribution in [3.8, 4) is 0 Å². The van der Waals surface area contributed by atoms with E-state index in [9.17, 15) is 4.79 Å². The number of carboxylic acids is 1. The van der Waals surface area contributed by atoms with E-state index in [1.54, 1.807) is 18.3 Å². The molecule has 1 heterocycles. The standard InChI is InChI=1S/C9H12N2O2/c1-6-3-4-11-7(5-6)9(2,10)8(12)13/h3-5H,10H2,1-2H3,(H,12,13). The summed E-state index contributed by atoms with van der Waals surface area (Å²) in [4.78, 5) is 14.7. The van der Waals surface area contributed by atoms with Crippen molar-refractivity contribution in [3.05, 3.63) is 29.6 Å². The number of carboxylic acid groups (broad SMARTS) is 1. The number of hydrogen-bond donors (Lipinski definition) is 2. The Balaban J connectivity index is 3.14. The SMILES string of the molecule is Cc1ccnc(C(C)(N)C(=O)O)c1. The minimum atomic E-state index is -1.41. The van der Waals surface area contributed by atoms with Crippen LogP contribution in [0.25, 0.3) is 0 Å². The van der Waals surface area contributed by atoms with Crippen LogP contribution >= 0.6 is 0 Å². The van der Waals surface area contributed by atoms with Crippen molar-refractivity contribution in [2.75, 3.05) is 0 Å². The first kappa shape index (κ1) is 9.67. The van der Waals surface area contributed by atoms with Crippen LogP contribution in [0.3, 0.4) is 0 Å². The normalized spacial score (nSPS) is 15.0. The van der Waals surface area contributed by atoms with Crippen molar-refractivity contribution in [1.29, 1.82) is 0 Å². The van der Waals surface area contributed by atoms with Crippen LogP contribution in [-0.2, 0) is 10.3 Å². The molecule has 0 aliphatic rings. The van der Waals surface area contributed by atoms with Crippen molar-refractivity contribution >= 4 is 5.97 Å². The number of rotatable bonds is 2. The highest BCUT2D eigenvalue weighted by Gasteiger charge is 2.31. The van der Waals surface area contributed by atoms with E-state index >= 15 is 0 Å². The molecule has 0 saturated heterocycles. The van der Waals surface area contributed by atoms with E-state index in [0.29, 0.717) is 5.69 Å². The lowest BCUT2D eigenvalue weighted by molar-refractivity contribution is -0.143. The van der Waals surface area contributed by atoms with Crippen molar-refractivity contribution in [1.82, 2.24) is 4.98 Å². The second kappa shape index (κ2) is 3.14. The maximum absolute atomic E-state index is 10.8. The van der Waals surface area contributed by atoms with Gasteiger partial charge in [-0.15, -0.1) is 0 Å². The van der Waals surface area contributed by atoms with Crippen LogP contribution in [-0.4, -0.2) is 16.1 Å². The fraction of sp³-hybridized carbons (Fsp3) is 0.333. The van der Waals surface area contributed by atoms with Crippen LogP contribution < -0.4 is 5.73 Å². The largest absolute Gasteiger partial charge is 0.480 e. The highest BCUT2D eigenvalue weighted by Crippen LogP contribution is 2.15. The fourth-order valence-corrected chi connectivity index (χ4v) is 0.930. The molecule has 4 heteroatoms. The lowest BCUT2D eigenvalue weighted by atomic mass is 9.98. The molecule has 13 heavy (non-hydrogen) atoms. The molecule has 0 saturated carbocycles. The molecule has 4 nitrogen and oxygen atoms in total. The number of aromatic nitrogens is 1. The van der Waals surface area contributed by atoms with Gasteiger partial charge in [-0.3, -0.25) is 4.98 Å². The van der Waals surface area contributed by atoms with Crippen LogP contribution in [0, 0.1) is 6.92 Å². The minimum Gasteiger partial charge on any atom is -0.480 e. The van der Waals surface area contributed by atoms with Gasteiger partial charge < -0.3 is 10.8 Å². The van der Waals surface area contributed by atoms with E-state index in [4.69, 9.17) is 10.8 Å². The molecule has 1 rings (SSSR count). The average Bonchev–Trinajstić information content (AvgIpc) is 2.04. The average molecular weight is 180 g/mol. The lowest BCUT2D eigenvalue weighted by Crippen LogP contribution is -2.42. The number of carbonyl (C=O) groups is 1. The Morgan fingerprint density at radius 2 is 2.31 bits per heavy atom. The third kappa shape index (κ3) is 1.84. The Hall–Kier alpha value is -1.42. The summed E-state index contributed by atoms with van der Waals surface area (Å²) in [6.07, 6.45) is 1.55. The summed E-state index contributed by atoms with van der Waals surface area (Å²) in [5.41, 5.74) is 5.50. The molecule has 0 radical (unpaired) electrons. The van der Waals surface area contributed by atoms with Crippen molar-refractivity contribution < 1.29 is 9.90 Å². The fourth-order valence-electron chi connectivity index (χ4n) is 0.930. The molecule has 0 amide bonds. The van der Waals surface area contributed by atoms with E-state index in [-0.39, 0.29) is 0 Å². The van der Waals surface area contributed by atoms with Gasteiger partial charge in [-0.25, -0.2) is 4.79 Å². The molecule has 0 aliphatic carbocycles. The lowest BCUT2D eigenvalue weighted by Gasteiger charge is -2.18. The molecular weight excluding hydrogens is 168 g/mol. The number of hydrogen-bond acceptors (Lipinski definition) is 3. The first-order valence-electron chi connectivity index (χ1n) is 3.90. The summed E-state index contributed by atoms with van der Waals surface area (Å²) in [6.45, 7) is 3.29. The Bertz CT molecular complexity index is 334. The molecule has 1 aromatic heterocycles. The summed E-state index contributed by atoms with van der Waals surface area (Å²) in [6, 6.07) is 3.47. The van der Waals surface area contributed by atoms with E-state index in [2.05, 4.69) is 4.98 Å². The van der Waals surface area contributed by atoms with Gasteiger partial charge in [-0.05, 0) is 31.5 Å². The second-order valence-electron chi connectivity index (χ2n) is 3.23. The third-order valence-electron chi connectivity index (χ3n) is 1.89. The molecule has 1 aromatic rings. The predicted molar refractivity (Wildman–Crippen MR) is 48.1 cm³/mol. The molecule has 0 spiro atoms. The molecule has 1 unspecified atom stereocenters. The third-order valence-corrected chi connectivity index (χ3v) is 1.89. The van der Waals surface area contributed by atoms with Gasteiger partial charge in [0.15, 0.2) is 5.54 Å². The van der Waals surface area contributed by atoms with Gasteiger partial charge in [0.1, 0.15) is 0 Å². The number of aliphatic carboxylic acids is 1. The van der Waals surface area contributed by atoms with E-state index < -0.39 is 11.5 Å². The topological polar surface area (TPSA) is 76.2 Å². The molecular formula is C9H12N2O2. The van der Waals surface area contributed by atoms with Crippen molar-refractivity contribution in [2.45, 2.75) is 19.4 Å². The molecule has 0 fully saturated rings. The molecule has 1 atom stereocenters.